The third-order valence-electron chi connectivity index (χ3n) is 6.59. The zero-order valence-electron chi connectivity index (χ0n) is 23.3. The molecule has 224 valence electrons. The molecule has 0 amide bonds. The Labute approximate surface area is 257 Å². The lowest BCUT2D eigenvalue weighted by Gasteiger charge is -2.12. The number of hydrogen-bond acceptors (Lipinski definition) is 9. The molecule has 0 saturated heterocycles. The fraction of sp³-hybridized carbons (Fsp3) is 0.233. The maximum atomic E-state index is 15.2. The van der Waals surface area contributed by atoms with Crippen molar-refractivity contribution in [3.63, 3.8) is 0 Å². The van der Waals surface area contributed by atoms with Crippen molar-refractivity contribution >= 4 is 55.2 Å². The molecule has 0 radical (unpaired) electrons. The Kier molecular flexibility index (Phi) is 9.50. The summed E-state index contributed by atoms with van der Waals surface area (Å²) in [5.41, 5.74) is 2.44. The summed E-state index contributed by atoms with van der Waals surface area (Å²) in [6.07, 6.45) is 1.34. The van der Waals surface area contributed by atoms with Crippen molar-refractivity contribution in [2.75, 3.05) is 17.6 Å². The smallest absolute Gasteiger partial charge is 0.153 e. The third-order valence-corrected chi connectivity index (χ3v) is 9.94. The van der Waals surface area contributed by atoms with Gasteiger partial charge in [-0.2, -0.15) is 0 Å². The average molecular weight is 644 g/mol. The normalized spacial score (nSPS) is 11.8. The molecular weight excluding hydrogens is 616 g/mol. The lowest BCUT2D eigenvalue weighted by molar-refractivity contribution is 0.306. The van der Waals surface area contributed by atoms with Crippen molar-refractivity contribution in [1.29, 1.82) is 0 Å². The molecule has 0 fully saturated rings. The Hall–Kier alpha value is -3.71. The van der Waals surface area contributed by atoms with Crippen LogP contribution >= 0.6 is 22.9 Å². The fourth-order valence-electron chi connectivity index (χ4n) is 4.15. The Morgan fingerprint density at radius 1 is 1.07 bits per heavy atom. The molecule has 0 atom stereocenters. The lowest BCUT2D eigenvalue weighted by atomic mass is 10.1. The number of nitrogens with zero attached hydrogens (tertiary/aromatic N) is 3. The van der Waals surface area contributed by atoms with Gasteiger partial charge < -0.3 is 15.4 Å². The van der Waals surface area contributed by atoms with E-state index in [1.165, 1.54) is 35.9 Å². The van der Waals surface area contributed by atoms with Crippen molar-refractivity contribution in [1.82, 2.24) is 20.3 Å². The summed E-state index contributed by atoms with van der Waals surface area (Å²) in [5.74, 6) is 0.0929. The topological polar surface area (TPSA) is 106 Å². The Morgan fingerprint density at radius 3 is 2.67 bits per heavy atom. The van der Waals surface area contributed by atoms with Crippen LogP contribution in [0.25, 0.3) is 22.2 Å². The zero-order chi connectivity index (χ0) is 30.6. The first-order valence-electron chi connectivity index (χ1n) is 13.3. The monoisotopic (exact) mass is 643 g/mol. The van der Waals surface area contributed by atoms with Gasteiger partial charge >= 0.3 is 0 Å². The third kappa shape index (κ3) is 7.63. The van der Waals surface area contributed by atoms with Gasteiger partial charge in [-0.25, -0.2) is 32.2 Å². The average Bonchev–Trinajstić information content (AvgIpc) is 3.43. The number of hydrogen-bond donors (Lipinski definition) is 2. The summed E-state index contributed by atoms with van der Waals surface area (Å²) < 4.78 is 58.4. The van der Waals surface area contributed by atoms with Crippen LogP contribution < -0.4 is 15.4 Å². The quantitative estimate of drug-likeness (QED) is 0.141. The molecule has 0 aliphatic carbocycles. The predicted molar refractivity (Wildman–Crippen MR) is 167 cm³/mol. The summed E-state index contributed by atoms with van der Waals surface area (Å²) in [7, 11) is -3.13. The standard InChI is InChI=1S/C30H28ClF2N5O3S2/c1-18(2)43(39,40)9-8-34-14-29-38-27(16-42-29)22-12-23-26(13-25(22)33)35-17-36-30(23)37-21-6-7-28(24(31)11-21)41-15-19-4-3-5-20(32)10-19/h3-7,10-13,16-18,34H,8-9,14-15H2,1-2H3,(H,35,36,37). The number of thiazole rings is 1. The van der Waals surface area contributed by atoms with E-state index in [0.29, 0.717) is 62.5 Å². The van der Waals surface area contributed by atoms with Gasteiger partial charge in [0.1, 0.15) is 41.1 Å². The highest BCUT2D eigenvalue weighted by Crippen LogP contribution is 2.34. The molecule has 5 aromatic rings. The van der Waals surface area contributed by atoms with E-state index in [1.807, 2.05) is 0 Å². The van der Waals surface area contributed by atoms with Crippen LogP contribution in [-0.2, 0) is 23.0 Å². The highest BCUT2D eigenvalue weighted by atomic mass is 35.5. The van der Waals surface area contributed by atoms with Gasteiger partial charge in [0.05, 0.1) is 27.2 Å². The number of sulfone groups is 1. The van der Waals surface area contributed by atoms with Gasteiger partial charge in [-0.05, 0) is 55.8 Å². The van der Waals surface area contributed by atoms with Crippen LogP contribution in [0.4, 0.5) is 20.3 Å². The van der Waals surface area contributed by atoms with Gasteiger partial charge in [0.15, 0.2) is 9.84 Å². The number of ether oxygens (including phenoxy) is 1. The Morgan fingerprint density at radius 2 is 1.91 bits per heavy atom. The number of halogens is 3. The summed E-state index contributed by atoms with van der Waals surface area (Å²) in [4.78, 5) is 13.1. The van der Waals surface area contributed by atoms with Gasteiger partial charge in [-0.1, -0.05) is 23.7 Å². The Bertz CT molecular complexity index is 1870. The maximum Gasteiger partial charge on any atom is 0.153 e. The minimum atomic E-state index is -3.13. The summed E-state index contributed by atoms with van der Waals surface area (Å²) in [6, 6.07) is 14.2. The summed E-state index contributed by atoms with van der Waals surface area (Å²) in [5, 5.41) is 9.26. The molecule has 5 rings (SSSR count). The van der Waals surface area contributed by atoms with Crippen LogP contribution in [0.1, 0.15) is 24.4 Å². The second kappa shape index (κ2) is 13.3. The van der Waals surface area contributed by atoms with E-state index in [1.54, 1.807) is 55.6 Å². The van der Waals surface area contributed by atoms with Crippen LogP contribution in [0.15, 0.2) is 66.3 Å². The first-order valence-corrected chi connectivity index (χ1v) is 16.3. The molecule has 0 bridgehead atoms. The molecule has 2 N–H and O–H groups in total. The van der Waals surface area contributed by atoms with Crippen molar-refractivity contribution in [3.05, 3.63) is 93.5 Å². The number of anilines is 2. The number of benzene rings is 3. The van der Waals surface area contributed by atoms with E-state index >= 15 is 4.39 Å². The van der Waals surface area contributed by atoms with Crippen molar-refractivity contribution in [2.45, 2.75) is 32.2 Å². The van der Waals surface area contributed by atoms with Crippen LogP contribution in [0, 0.1) is 11.6 Å². The van der Waals surface area contributed by atoms with E-state index in [0.717, 1.165) is 0 Å². The lowest BCUT2D eigenvalue weighted by Crippen LogP contribution is -2.26. The predicted octanol–water partition coefficient (Wildman–Crippen LogP) is 6.92. The molecule has 0 aliphatic heterocycles. The number of fused-ring (bicyclic) bond motifs is 1. The Balaban J connectivity index is 1.30. The molecule has 2 heterocycles. The van der Waals surface area contributed by atoms with Crippen molar-refractivity contribution < 1.29 is 21.9 Å². The highest BCUT2D eigenvalue weighted by molar-refractivity contribution is 7.92. The molecule has 0 unspecified atom stereocenters. The van der Waals surface area contributed by atoms with E-state index in [-0.39, 0.29) is 23.7 Å². The van der Waals surface area contributed by atoms with Gasteiger partial charge in [0, 0.05) is 41.2 Å². The molecule has 8 nitrogen and oxygen atoms in total. The minimum Gasteiger partial charge on any atom is -0.487 e. The van der Waals surface area contributed by atoms with E-state index in [9.17, 15) is 12.8 Å². The van der Waals surface area contributed by atoms with Crippen molar-refractivity contribution in [2.24, 2.45) is 0 Å². The molecule has 0 saturated carbocycles. The second-order valence-corrected chi connectivity index (χ2v) is 14.0. The number of rotatable bonds is 12. The fourth-order valence-corrected chi connectivity index (χ4v) is 6.05. The molecule has 43 heavy (non-hydrogen) atoms. The minimum absolute atomic E-state index is 0.0356. The summed E-state index contributed by atoms with van der Waals surface area (Å²) >= 11 is 7.81. The second-order valence-electron chi connectivity index (χ2n) is 9.98. The van der Waals surface area contributed by atoms with Gasteiger partial charge in [0.2, 0.25) is 0 Å². The first-order chi connectivity index (χ1) is 20.6. The van der Waals surface area contributed by atoms with Crippen molar-refractivity contribution in [3.8, 4) is 17.0 Å². The molecule has 3 aromatic carbocycles. The van der Waals surface area contributed by atoms with Crippen LogP contribution in [-0.4, -0.2) is 40.9 Å². The molecular formula is C30H28ClF2N5O3S2. The van der Waals surface area contributed by atoms with Crippen LogP contribution in [0.3, 0.4) is 0 Å². The van der Waals surface area contributed by atoms with Crippen LogP contribution in [0.2, 0.25) is 5.02 Å². The molecule has 2 aromatic heterocycles. The molecule has 13 heteroatoms. The number of nitrogens with one attached hydrogen (secondary N) is 2. The zero-order valence-corrected chi connectivity index (χ0v) is 25.7. The largest absolute Gasteiger partial charge is 0.487 e. The highest BCUT2D eigenvalue weighted by Gasteiger charge is 2.17. The van der Waals surface area contributed by atoms with Gasteiger partial charge in [-0.3, -0.25) is 0 Å². The van der Waals surface area contributed by atoms with E-state index < -0.39 is 20.9 Å². The number of aromatic nitrogens is 3. The van der Waals surface area contributed by atoms with E-state index in [4.69, 9.17) is 16.3 Å². The van der Waals surface area contributed by atoms with E-state index in [2.05, 4.69) is 25.6 Å². The van der Waals surface area contributed by atoms with Crippen LogP contribution in [0.5, 0.6) is 5.75 Å². The van der Waals surface area contributed by atoms with Gasteiger partial charge in [-0.15, -0.1) is 11.3 Å². The van der Waals surface area contributed by atoms with Gasteiger partial charge in [0.25, 0.3) is 0 Å². The first kappa shape index (κ1) is 30.7. The summed E-state index contributed by atoms with van der Waals surface area (Å²) in [6.45, 7) is 4.14. The SMILES string of the molecule is CC(C)S(=O)(=O)CCNCc1nc(-c2cc3c(Nc4ccc(OCc5cccc(F)c5)c(Cl)c4)ncnc3cc2F)cs1. The molecule has 0 spiro atoms. The maximum absolute atomic E-state index is 15.2. The molecule has 0 aliphatic rings.